The van der Waals surface area contributed by atoms with Crippen LogP contribution in [0.15, 0.2) is 48.5 Å². The minimum atomic E-state index is 0.221. The predicted molar refractivity (Wildman–Crippen MR) is 123 cm³/mol. The second-order valence-electron chi connectivity index (χ2n) is 8.90. The molecule has 0 bridgehead atoms. The summed E-state index contributed by atoms with van der Waals surface area (Å²) < 4.78 is 0. The molecular formula is C28H40. The smallest absolute Gasteiger partial charge is 0.0208 e. The third-order valence-electron chi connectivity index (χ3n) is 7.25. The van der Waals surface area contributed by atoms with E-state index in [0.29, 0.717) is 0 Å². The number of benzene rings is 2. The quantitative estimate of drug-likeness (QED) is 0.386. The predicted octanol–water partition coefficient (Wildman–Crippen LogP) is 8.26. The van der Waals surface area contributed by atoms with E-state index in [0.717, 1.165) is 18.8 Å². The average molecular weight is 377 g/mol. The molecule has 0 atom stereocenters. The summed E-state index contributed by atoms with van der Waals surface area (Å²) in [6.45, 7) is 6.94. The molecular weight excluding hydrogens is 336 g/mol. The Kier molecular flexibility index (Phi) is 7.77. The van der Waals surface area contributed by atoms with Gasteiger partial charge >= 0.3 is 0 Å². The maximum absolute atomic E-state index is 2.44. The van der Waals surface area contributed by atoms with Crippen LogP contribution in [0, 0.1) is 5.92 Å². The molecule has 1 fully saturated rings. The normalized spacial score (nSPS) is 17.0. The van der Waals surface area contributed by atoms with E-state index < -0.39 is 0 Å². The van der Waals surface area contributed by atoms with Crippen LogP contribution in [-0.2, 0) is 18.3 Å². The number of aryl methyl sites for hydroxylation is 2. The van der Waals surface area contributed by atoms with Crippen molar-refractivity contribution < 1.29 is 0 Å². The monoisotopic (exact) mass is 376 g/mol. The molecule has 0 saturated heterocycles. The van der Waals surface area contributed by atoms with Gasteiger partial charge in [-0.15, -0.1) is 0 Å². The van der Waals surface area contributed by atoms with Crippen molar-refractivity contribution in [1.82, 2.24) is 0 Å². The van der Waals surface area contributed by atoms with Gasteiger partial charge < -0.3 is 0 Å². The lowest BCUT2D eigenvalue weighted by molar-refractivity contribution is 0.248. The standard InChI is InChI=1S/C28H40/c1-4-7-8-9-14-23-19-21-28(22-20-23,26-17-12-10-15-24(26)5-2)27-18-13-11-16-25(27)6-3/h10-13,15-18,23H,4-9,14,19-22H2,1-3H3. The lowest BCUT2D eigenvalue weighted by Crippen LogP contribution is -2.35. The van der Waals surface area contributed by atoms with E-state index in [1.807, 2.05) is 0 Å². The molecule has 0 N–H and O–H groups in total. The second-order valence-corrected chi connectivity index (χ2v) is 8.90. The number of hydrogen-bond acceptors (Lipinski definition) is 0. The molecule has 0 amide bonds. The van der Waals surface area contributed by atoms with Gasteiger partial charge in [-0.1, -0.05) is 101 Å². The van der Waals surface area contributed by atoms with Crippen LogP contribution in [0.1, 0.15) is 101 Å². The number of hydrogen-bond donors (Lipinski definition) is 0. The zero-order chi connectivity index (χ0) is 19.8. The zero-order valence-electron chi connectivity index (χ0n) is 18.5. The molecule has 2 aromatic carbocycles. The fourth-order valence-electron chi connectivity index (χ4n) is 5.59. The van der Waals surface area contributed by atoms with Crippen LogP contribution in [0.4, 0.5) is 0 Å². The molecule has 0 aromatic heterocycles. The van der Waals surface area contributed by atoms with Crippen molar-refractivity contribution in [1.29, 1.82) is 0 Å². The van der Waals surface area contributed by atoms with Gasteiger partial charge in [-0.25, -0.2) is 0 Å². The molecule has 2 aromatic rings. The van der Waals surface area contributed by atoms with Crippen molar-refractivity contribution in [2.75, 3.05) is 0 Å². The van der Waals surface area contributed by atoms with Crippen molar-refractivity contribution in [3.63, 3.8) is 0 Å². The van der Waals surface area contributed by atoms with E-state index >= 15 is 0 Å². The highest BCUT2D eigenvalue weighted by Crippen LogP contribution is 2.49. The first-order valence-corrected chi connectivity index (χ1v) is 11.9. The third kappa shape index (κ3) is 4.53. The van der Waals surface area contributed by atoms with Crippen LogP contribution >= 0.6 is 0 Å². The molecule has 1 saturated carbocycles. The van der Waals surface area contributed by atoms with E-state index in [9.17, 15) is 0 Å². The molecule has 0 spiro atoms. The molecule has 0 heterocycles. The molecule has 28 heavy (non-hydrogen) atoms. The Bertz CT molecular complexity index is 669. The first kappa shape index (κ1) is 21.2. The Balaban J connectivity index is 1.90. The zero-order valence-corrected chi connectivity index (χ0v) is 18.5. The van der Waals surface area contributed by atoms with Crippen LogP contribution in [-0.4, -0.2) is 0 Å². The van der Waals surface area contributed by atoms with Gasteiger partial charge in [0.15, 0.2) is 0 Å². The molecule has 0 aliphatic heterocycles. The van der Waals surface area contributed by atoms with Crippen molar-refractivity contribution >= 4 is 0 Å². The summed E-state index contributed by atoms with van der Waals surface area (Å²) in [5.74, 6) is 0.938. The summed E-state index contributed by atoms with van der Waals surface area (Å²) in [7, 11) is 0. The lowest BCUT2D eigenvalue weighted by Gasteiger charge is -2.43. The van der Waals surface area contributed by atoms with Crippen molar-refractivity contribution in [2.45, 2.75) is 96.8 Å². The summed E-state index contributed by atoms with van der Waals surface area (Å²) in [5.41, 5.74) is 6.55. The van der Waals surface area contributed by atoms with Crippen LogP contribution in [0.2, 0.25) is 0 Å². The molecule has 1 aliphatic carbocycles. The summed E-state index contributed by atoms with van der Waals surface area (Å²) in [4.78, 5) is 0. The fourth-order valence-corrected chi connectivity index (χ4v) is 5.59. The second kappa shape index (κ2) is 10.3. The van der Waals surface area contributed by atoms with Crippen LogP contribution in [0.25, 0.3) is 0 Å². The lowest BCUT2D eigenvalue weighted by atomic mass is 9.60. The summed E-state index contributed by atoms with van der Waals surface area (Å²) in [6.07, 6.45) is 14.7. The molecule has 1 aliphatic rings. The van der Waals surface area contributed by atoms with Gasteiger partial charge in [-0.05, 0) is 66.7 Å². The Morgan fingerprint density at radius 1 is 0.714 bits per heavy atom. The Morgan fingerprint density at radius 3 is 1.75 bits per heavy atom. The minimum absolute atomic E-state index is 0.221. The van der Waals surface area contributed by atoms with Gasteiger partial charge in [0.25, 0.3) is 0 Å². The average Bonchev–Trinajstić information content (AvgIpc) is 2.77. The molecule has 3 rings (SSSR count). The number of rotatable bonds is 9. The Morgan fingerprint density at radius 2 is 1.25 bits per heavy atom. The topological polar surface area (TPSA) is 0 Å². The van der Waals surface area contributed by atoms with Gasteiger partial charge in [0.05, 0.1) is 0 Å². The van der Waals surface area contributed by atoms with Gasteiger partial charge in [0.1, 0.15) is 0 Å². The minimum Gasteiger partial charge on any atom is -0.0654 e. The first-order valence-electron chi connectivity index (χ1n) is 11.9. The molecule has 0 unspecified atom stereocenters. The highest BCUT2D eigenvalue weighted by molar-refractivity contribution is 5.47. The van der Waals surface area contributed by atoms with Gasteiger partial charge in [0, 0.05) is 5.41 Å². The first-order chi connectivity index (χ1) is 13.7. The SMILES string of the molecule is CCCCCCC1CCC(c2ccccc2CC)(c2ccccc2CC)CC1. The van der Waals surface area contributed by atoms with E-state index in [-0.39, 0.29) is 5.41 Å². The highest BCUT2D eigenvalue weighted by atomic mass is 14.4. The van der Waals surface area contributed by atoms with E-state index in [1.54, 1.807) is 22.3 Å². The Hall–Kier alpha value is -1.56. The fraction of sp³-hybridized carbons (Fsp3) is 0.571. The van der Waals surface area contributed by atoms with Crippen molar-refractivity contribution in [3.05, 3.63) is 70.8 Å². The van der Waals surface area contributed by atoms with Crippen LogP contribution in [0.5, 0.6) is 0 Å². The van der Waals surface area contributed by atoms with E-state index in [1.165, 1.54) is 57.8 Å². The van der Waals surface area contributed by atoms with Crippen molar-refractivity contribution in [2.24, 2.45) is 5.92 Å². The van der Waals surface area contributed by atoms with Crippen LogP contribution in [0.3, 0.4) is 0 Å². The summed E-state index contributed by atoms with van der Waals surface area (Å²) in [6, 6.07) is 18.6. The van der Waals surface area contributed by atoms with E-state index in [4.69, 9.17) is 0 Å². The Labute approximate surface area is 173 Å². The van der Waals surface area contributed by atoms with Crippen molar-refractivity contribution in [3.8, 4) is 0 Å². The molecule has 152 valence electrons. The van der Waals surface area contributed by atoms with Gasteiger partial charge in [0.2, 0.25) is 0 Å². The maximum Gasteiger partial charge on any atom is 0.0208 e. The summed E-state index contributed by atoms with van der Waals surface area (Å²) >= 11 is 0. The molecule has 0 heteroatoms. The van der Waals surface area contributed by atoms with Crippen LogP contribution < -0.4 is 0 Å². The maximum atomic E-state index is 2.44. The van der Waals surface area contributed by atoms with Gasteiger partial charge in [-0.2, -0.15) is 0 Å². The van der Waals surface area contributed by atoms with E-state index in [2.05, 4.69) is 69.3 Å². The van der Waals surface area contributed by atoms with Gasteiger partial charge in [-0.3, -0.25) is 0 Å². The highest BCUT2D eigenvalue weighted by Gasteiger charge is 2.40. The molecule has 0 nitrogen and oxygen atoms in total. The summed E-state index contributed by atoms with van der Waals surface area (Å²) in [5, 5.41) is 0. The third-order valence-corrected chi connectivity index (χ3v) is 7.25. The number of unbranched alkanes of at least 4 members (excludes halogenated alkanes) is 3. The largest absolute Gasteiger partial charge is 0.0654 e. The molecule has 0 radical (unpaired) electrons.